The molecule has 1 aromatic heterocycles. The first-order valence-corrected chi connectivity index (χ1v) is 9.66. The standard InChI is InChI=1S/C21H20BrNO6/c1-12-4-7-16(15(22)10-12)23-18(24)11-14(20(23)21(26)28-3)17-8-5-13(29-17)6-9-19(25)27-2/h4-10,14,20H,11H2,1-3H3/b9-6+/t14-,20+/m1/s1. The zero-order valence-corrected chi connectivity index (χ0v) is 17.8. The number of amides is 1. The van der Waals surface area contributed by atoms with Crippen molar-refractivity contribution < 1.29 is 28.3 Å². The highest BCUT2D eigenvalue weighted by Gasteiger charge is 2.48. The molecule has 7 nitrogen and oxygen atoms in total. The lowest BCUT2D eigenvalue weighted by Crippen LogP contribution is -2.41. The summed E-state index contributed by atoms with van der Waals surface area (Å²) in [6.07, 6.45) is 2.79. The fourth-order valence-electron chi connectivity index (χ4n) is 3.35. The number of nitrogens with zero attached hydrogens (tertiary/aromatic N) is 1. The van der Waals surface area contributed by atoms with E-state index in [0.717, 1.165) is 5.56 Å². The molecule has 8 heteroatoms. The molecular weight excluding hydrogens is 442 g/mol. The predicted octanol–water partition coefficient (Wildman–Crippen LogP) is 3.60. The number of esters is 2. The van der Waals surface area contributed by atoms with Crippen LogP contribution in [0.25, 0.3) is 6.08 Å². The Hall–Kier alpha value is -2.87. The van der Waals surface area contributed by atoms with Crippen LogP contribution in [0.2, 0.25) is 0 Å². The lowest BCUT2D eigenvalue weighted by atomic mass is 9.97. The lowest BCUT2D eigenvalue weighted by molar-refractivity contribution is -0.142. The molecule has 1 aliphatic heterocycles. The van der Waals surface area contributed by atoms with Gasteiger partial charge in [0.05, 0.1) is 25.8 Å². The summed E-state index contributed by atoms with van der Waals surface area (Å²) in [6, 6.07) is 8.04. The third kappa shape index (κ3) is 4.27. The van der Waals surface area contributed by atoms with Gasteiger partial charge in [0.2, 0.25) is 5.91 Å². The quantitative estimate of drug-likeness (QED) is 0.499. The molecule has 0 unspecified atom stereocenters. The largest absolute Gasteiger partial charge is 0.467 e. The van der Waals surface area contributed by atoms with Crippen molar-refractivity contribution in [3.8, 4) is 0 Å². The van der Waals surface area contributed by atoms with Crippen LogP contribution < -0.4 is 4.90 Å². The average Bonchev–Trinajstić information content (AvgIpc) is 3.30. The highest BCUT2D eigenvalue weighted by atomic mass is 79.9. The zero-order chi connectivity index (χ0) is 21.1. The van der Waals surface area contributed by atoms with Gasteiger partial charge in [-0.3, -0.25) is 9.69 Å². The summed E-state index contributed by atoms with van der Waals surface area (Å²) in [5.41, 5.74) is 1.61. The lowest BCUT2D eigenvalue weighted by Gasteiger charge is -2.26. The molecule has 152 valence electrons. The number of rotatable bonds is 5. The Labute approximate surface area is 176 Å². The minimum atomic E-state index is -0.866. The van der Waals surface area contributed by atoms with Gasteiger partial charge in [-0.2, -0.15) is 0 Å². The Morgan fingerprint density at radius 3 is 2.62 bits per heavy atom. The van der Waals surface area contributed by atoms with Crippen molar-refractivity contribution in [2.24, 2.45) is 0 Å². The molecule has 2 atom stereocenters. The van der Waals surface area contributed by atoms with Crippen LogP contribution in [0.4, 0.5) is 5.69 Å². The molecule has 1 saturated heterocycles. The van der Waals surface area contributed by atoms with Crippen molar-refractivity contribution in [2.75, 3.05) is 19.1 Å². The van der Waals surface area contributed by atoms with E-state index in [1.54, 1.807) is 18.2 Å². The van der Waals surface area contributed by atoms with Crippen LogP contribution >= 0.6 is 15.9 Å². The van der Waals surface area contributed by atoms with Gasteiger partial charge in [0.15, 0.2) is 0 Å². The Morgan fingerprint density at radius 2 is 1.97 bits per heavy atom. The monoisotopic (exact) mass is 461 g/mol. The van der Waals surface area contributed by atoms with Crippen LogP contribution in [0.5, 0.6) is 0 Å². The average molecular weight is 462 g/mol. The predicted molar refractivity (Wildman–Crippen MR) is 109 cm³/mol. The van der Waals surface area contributed by atoms with Crippen molar-refractivity contribution in [1.29, 1.82) is 0 Å². The minimum Gasteiger partial charge on any atom is -0.467 e. The van der Waals surface area contributed by atoms with Crippen molar-refractivity contribution in [3.05, 3.63) is 58.0 Å². The third-order valence-electron chi connectivity index (χ3n) is 4.73. The molecule has 0 saturated carbocycles. The fraction of sp³-hybridized carbons (Fsp3) is 0.286. The molecule has 1 aliphatic rings. The first-order valence-electron chi connectivity index (χ1n) is 8.87. The fourth-order valence-corrected chi connectivity index (χ4v) is 4.03. The number of halogens is 1. The molecule has 2 aromatic rings. The van der Waals surface area contributed by atoms with Crippen LogP contribution in [0.1, 0.15) is 29.4 Å². The van der Waals surface area contributed by atoms with Crippen LogP contribution in [-0.4, -0.2) is 38.1 Å². The molecule has 0 bridgehead atoms. The number of aryl methyl sites for hydroxylation is 1. The van der Waals surface area contributed by atoms with E-state index in [2.05, 4.69) is 20.7 Å². The molecule has 0 radical (unpaired) electrons. The van der Waals surface area contributed by atoms with E-state index >= 15 is 0 Å². The number of methoxy groups -OCH3 is 2. The van der Waals surface area contributed by atoms with Crippen LogP contribution in [0.15, 0.2) is 45.3 Å². The van der Waals surface area contributed by atoms with Crippen LogP contribution in [0.3, 0.4) is 0 Å². The molecule has 1 aromatic carbocycles. The van der Waals surface area contributed by atoms with Gasteiger partial charge < -0.3 is 13.9 Å². The maximum atomic E-state index is 12.9. The summed E-state index contributed by atoms with van der Waals surface area (Å²) in [6.45, 7) is 1.94. The van der Waals surface area contributed by atoms with E-state index in [1.807, 2.05) is 19.1 Å². The molecule has 1 fully saturated rings. The van der Waals surface area contributed by atoms with Crippen molar-refractivity contribution in [3.63, 3.8) is 0 Å². The van der Waals surface area contributed by atoms with Gasteiger partial charge in [-0.15, -0.1) is 0 Å². The van der Waals surface area contributed by atoms with Crippen molar-refractivity contribution in [1.82, 2.24) is 0 Å². The summed E-state index contributed by atoms with van der Waals surface area (Å²) < 4.78 is 16.0. The van der Waals surface area contributed by atoms with Gasteiger partial charge in [-0.25, -0.2) is 9.59 Å². The van der Waals surface area contributed by atoms with Gasteiger partial charge in [-0.1, -0.05) is 6.07 Å². The van der Waals surface area contributed by atoms with Gasteiger partial charge in [-0.05, 0) is 58.8 Å². The molecule has 29 heavy (non-hydrogen) atoms. The van der Waals surface area contributed by atoms with E-state index in [4.69, 9.17) is 9.15 Å². The van der Waals surface area contributed by atoms with Crippen molar-refractivity contribution in [2.45, 2.75) is 25.3 Å². The topological polar surface area (TPSA) is 86.1 Å². The smallest absolute Gasteiger partial charge is 0.330 e. The second-order valence-corrected chi connectivity index (χ2v) is 7.45. The summed E-state index contributed by atoms with van der Waals surface area (Å²) in [4.78, 5) is 38.2. The number of anilines is 1. The Bertz CT molecular complexity index is 979. The SMILES string of the molecule is COC(=O)/C=C/c1ccc([C@H]2CC(=O)N(c3ccc(C)cc3Br)[C@@H]2C(=O)OC)o1. The Morgan fingerprint density at radius 1 is 1.21 bits per heavy atom. The molecule has 1 amide bonds. The summed E-state index contributed by atoms with van der Waals surface area (Å²) >= 11 is 3.48. The molecule has 0 spiro atoms. The van der Waals surface area contributed by atoms with E-state index in [9.17, 15) is 14.4 Å². The van der Waals surface area contributed by atoms with E-state index in [-0.39, 0.29) is 12.3 Å². The second kappa shape index (κ2) is 8.65. The van der Waals surface area contributed by atoms with Crippen LogP contribution in [0, 0.1) is 6.92 Å². The van der Waals surface area contributed by atoms with E-state index in [1.165, 1.54) is 31.3 Å². The normalized spacial score (nSPS) is 19.0. The van der Waals surface area contributed by atoms with E-state index in [0.29, 0.717) is 21.7 Å². The first kappa shape index (κ1) is 20.9. The number of hydrogen-bond acceptors (Lipinski definition) is 6. The Kier molecular flexibility index (Phi) is 6.22. The number of hydrogen-bond donors (Lipinski definition) is 0. The molecule has 0 N–H and O–H groups in total. The molecular formula is C21H20BrNO6. The molecule has 3 rings (SSSR count). The van der Waals surface area contributed by atoms with E-state index < -0.39 is 23.9 Å². The molecule has 0 aliphatic carbocycles. The highest BCUT2D eigenvalue weighted by Crippen LogP contribution is 2.41. The number of ether oxygens (including phenoxy) is 2. The summed E-state index contributed by atoms with van der Waals surface area (Å²) in [5.74, 6) is -0.903. The van der Waals surface area contributed by atoms with Crippen molar-refractivity contribution >= 4 is 45.5 Å². The minimum absolute atomic E-state index is 0.0910. The van der Waals surface area contributed by atoms with Crippen LogP contribution in [-0.2, 0) is 23.9 Å². The number of benzene rings is 1. The van der Waals surface area contributed by atoms with Gasteiger partial charge in [0, 0.05) is 17.0 Å². The second-order valence-electron chi connectivity index (χ2n) is 6.59. The maximum Gasteiger partial charge on any atom is 0.330 e. The zero-order valence-electron chi connectivity index (χ0n) is 16.2. The van der Waals surface area contributed by atoms with Gasteiger partial charge in [0.25, 0.3) is 0 Å². The number of carbonyl (C=O) groups excluding carboxylic acids is 3. The molecule has 2 heterocycles. The number of carbonyl (C=O) groups is 3. The highest BCUT2D eigenvalue weighted by molar-refractivity contribution is 9.10. The maximum absolute atomic E-state index is 12.9. The summed E-state index contributed by atoms with van der Waals surface area (Å²) in [5, 5.41) is 0. The third-order valence-corrected chi connectivity index (χ3v) is 5.36. The Balaban J connectivity index is 1.96. The first-order chi connectivity index (χ1) is 13.8. The summed E-state index contributed by atoms with van der Waals surface area (Å²) in [7, 11) is 2.57. The van der Waals surface area contributed by atoms with Gasteiger partial charge in [0.1, 0.15) is 17.6 Å². The number of furan rings is 1. The van der Waals surface area contributed by atoms with Gasteiger partial charge >= 0.3 is 11.9 Å².